The van der Waals surface area contributed by atoms with Gasteiger partial charge < -0.3 is 5.32 Å². The van der Waals surface area contributed by atoms with Gasteiger partial charge in [0.15, 0.2) is 11.0 Å². The molecule has 2 aromatic heterocycles. The molecule has 3 rings (SSSR count). The largest absolute Gasteiger partial charge is 0.358 e. The number of carbonyl (C=O) groups excluding carboxylic acids is 1. The van der Waals surface area contributed by atoms with Gasteiger partial charge in [-0.3, -0.25) is 14.3 Å². The highest BCUT2D eigenvalue weighted by atomic mass is 32.2. The maximum atomic E-state index is 11.6. The van der Waals surface area contributed by atoms with E-state index in [0.717, 1.165) is 16.9 Å². The van der Waals surface area contributed by atoms with Crippen LogP contribution in [0.5, 0.6) is 0 Å². The molecule has 25 heavy (non-hydrogen) atoms. The number of nitrogens with zero attached hydrogens (tertiary/aromatic N) is 4. The van der Waals surface area contributed by atoms with Crippen molar-refractivity contribution in [3.05, 3.63) is 53.7 Å². The molecule has 1 N–H and O–H groups in total. The second-order valence-corrected chi connectivity index (χ2v) is 6.55. The summed E-state index contributed by atoms with van der Waals surface area (Å²) in [6, 6.07) is 11.9. The van der Waals surface area contributed by atoms with Crippen LogP contribution in [0.2, 0.25) is 0 Å². The number of hydrogen-bond donors (Lipinski definition) is 1. The Bertz CT molecular complexity index is 892. The van der Waals surface area contributed by atoms with Crippen molar-refractivity contribution in [1.29, 1.82) is 0 Å². The van der Waals surface area contributed by atoms with Crippen LogP contribution in [0, 0.1) is 13.8 Å². The first-order chi connectivity index (χ1) is 12.1. The first kappa shape index (κ1) is 17.2. The van der Waals surface area contributed by atoms with Crippen LogP contribution >= 0.6 is 11.8 Å². The summed E-state index contributed by atoms with van der Waals surface area (Å²) >= 11 is 1.35. The van der Waals surface area contributed by atoms with Crippen LogP contribution in [-0.4, -0.2) is 38.5 Å². The van der Waals surface area contributed by atoms with E-state index in [9.17, 15) is 4.79 Å². The molecule has 1 aromatic carbocycles. The molecule has 0 aliphatic rings. The summed E-state index contributed by atoms with van der Waals surface area (Å²) < 4.78 is 1.96. The van der Waals surface area contributed by atoms with Crippen molar-refractivity contribution < 1.29 is 4.79 Å². The van der Waals surface area contributed by atoms with Gasteiger partial charge in [0.2, 0.25) is 5.91 Å². The maximum absolute atomic E-state index is 11.6. The molecule has 7 heteroatoms. The number of aromatic nitrogens is 4. The lowest BCUT2D eigenvalue weighted by Gasteiger charge is -2.13. The summed E-state index contributed by atoms with van der Waals surface area (Å²) in [5.41, 5.74) is 4.02. The summed E-state index contributed by atoms with van der Waals surface area (Å²) in [7, 11) is 1.62. The van der Waals surface area contributed by atoms with Gasteiger partial charge in [0.25, 0.3) is 0 Å². The Hall–Kier alpha value is -2.67. The molecule has 0 bridgehead atoms. The molecular formula is C18H19N5OS. The molecule has 128 valence electrons. The molecule has 0 atom stereocenters. The first-order valence-electron chi connectivity index (χ1n) is 7.88. The van der Waals surface area contributed by atoms with Crippen molar-refractivity contribution in [2.24, 2.45) is 0 Å². The number of thioether (sulfide) groups is 1. The normalized spacial score (nSPS) is 10.7. The third-order valence-electron chi connectivity index (χ3n) is 3.73. The SMILES string of the molecule is CNC(=O)CSc1nnc(-c2ccccn2)n1-c1ccc(C)cc1C. The number of nitrogens with one attached hydrogen (secondary N) is 1. The summed E-state index contributed by atoms with van der Waals surface area (Å²) in [4.78, 5) is 16.0. The first-order valence-corrected chi connectivity index (χ1v) is 8.86. The van der Waals surface area contributed by atoms with Crippen LogP contribution in [0.3, 0.4) is 0 Å². The van der Waals surface area contributed by atoms with Gasteiger partial charge in [-0.2, -0.15) is 0 Å². The summed E-state index contributed by atoms with van der Waals surface area (Å²) in [5, 5.41) is 11.9. The Morgan fingerprint density at radius 1 is 1.20 bits per heavy atom. The second kappa shape index (κ2) is 7.48. The third-order valence-corrected chi connectivity index (χ3v) is 4.66. The van der Waals surface area contributed by atoms with Crippen molar-refractivity contribution in [2.45, 2.75) is 19.0 Å². The molecule has 0 unspecified atom stereocenters. The van der Waals surface area contributed by atoms with Crippen molar-refractivity contribution in [2.75, 3.05) is 12.8 Å². The van der Waals surface area contributed by atoms with Crippen LogP contribution in [0.1, 0.15) is 11.1 Å². The highest BCUT2D eigenvalue weighted by Gasteiger charge is 2.19. The number of carbonyl (C=O) groups is 1. The van der Waals surface area contributed by atoms with Crippen molar-refractivity contribution in [3.8, 4) is 17.2 Å². The van der Waals surface area contributed by atoms with E-state index in [1.54, 1.807) is 13.2 Å². The molecule has 0 aliphatic heterocycles. The van der Waals surface area contributed by atoms with Crippen molar-refractivity contribution in [1.82, 2.24) is 25.1 Å². The Morgan fingerprint density at radius 3 is 2.72 bits per heavy atom. The lowest BCUT2D eigenvalue weighted by atomic mass is 10.1. The predicted octanol–water partition coefficient (Wildman–Crippen LogP) is 2.78. The van der Waals surface area contributed by atoms with Gasteiger partial charge >= 0.3 is 0 Å². The van der Waals surface area contributed by atoms with Crippen LogP contribution in [0.25, 0.3) is 17.2 Å². The number of aryl methyl sites for hydroxylation is 2. The van der Waals surface area contributed by atoms with E-state index in [1.807, 2.05) is 28.8 Å². The van der Waals surface area contributed by atoms with Crippen LogP contribution in [0.4, 0.5) is 0 Å². The fraction of sp³-hybridized carbons (Fsp3) is 0.222. The highest BCUT2D eigenvalue weighted by Crippen LogP contribution is 2.28. The third kappa shape index (κ3) is 3.71. The molecule has 1 amide bonds. The zero-order valence-corrected chi connectivity index (χ0v) is 15.2. The van der Waals surface area contributed by atoms with E-state index in [1.165, 1.54) is 17.3 Å². The zero-order chi connectivity index (χ0) is 17.8. The van der Waals surface area contributed by atoms with E-state index >= 15 is 0 Å². The molecule has 0 saturated heterocycles. The van der Waals surface area contributed by atoms with E-state index in [2.05, 4.69) is 46.5 Å². The number of benzene rings is 1. The van der Waals surface area contributed by atoms with Crippen LogP contribution < -0.4 is 5.32 Å². The number of pyridine rings is 1. The lowest BCUT2D eigenvalue weighted by Crippen LogP contribution is -2.20. The molecule has 0 aliphatic carbocycles. The summed E-state index contributed by atoms with van der Waals surface area (Å²) in [5.74, 6) is 0.883. The topological polar surface area (TPSA) is 72.7 Å². The molecule has 0 radical (unpaired) electrons. The lowest BCUT2D eigenvalue weighted by molar-refractivity contribution is -0.118. The second-order valence-electron chi connectivity index (χ2n) is 5.61. The zero-order valence-electron chi connectivity index (χ0n) is 14.4. The summed E-state index contributed by atoms with van der Waals surface area (Å²) in [6.07, 6.45) is 1.73. The fourth-order valence-corrected chi connectivity index (χ4v) is 3.32. The molecule has 3 aromatic rings. The van der Waals surface area contributed by atoms with Crippen LogP contribution in [0.15, 0.2) is 47.8 Å². The Labute approximate surface area is 150 Å². The van der Waals surface area contributed by atoms with E-state index in [4.69, 9.17) is 0 Å². The Morgan fingerprint density at radius 2 is 2.04 bits per heavy atom. The van der Waals surface area contributed by atoms with Gasteiger partial charge in [-0.25, -0.2) is 0 Å². The monoisotopic (exact) mass is 353 g/mol. The van der Waals surface area contributed by atoms with Gasteiger partial charge in [0, 0.05) is 13.2 Å². The van der Waals surface area contributed by atoms with Crippen molar-refractivity contribution in [3.63, 3.8) is 0 Å². The van der Waals surface area contributed by atoms with Gasteiger partial charge in [-0.1, -0.05) is 35.5 Å². The molecule has 0 fully saturated rings. The van der Waals surface area contributed by atoms with E-state index in [-0.39, 0.29) is 11.7 Å². The standard InChI is InChI=1S/C18H19N5OS/c1-12-7-8-15(13(2)10-12)23-17(14-6-4-5-9-20-14)21-22-18(23)25-11-16(24)19-3/h4-10H,11H2,1-3H3,(H,19,24). The number of hydrogen-bond acceptors (Lipinski definition) is 5. The van der Waals surface area contributed by atoms with E-state index < -0.39 is 0 Å². The molecule has 2 heterocycles. The quantitative estimate of drug-likeness (QED) is 0.714. The minimum absolute atomic E-state index is 0.0560. The fourth-order valence-electron chi connectivity index (χ4n) is 2.50. The number of rotatable bonds is 5. The molecule has 6 nitrogen and oxygen atoms in total. The van der Waals surface area contributed by atoms with Gasteiger partial charge in [0.1, 0.15) is 5.69 Å². The van der Waals surface area contributed by atoms with Gasteiger partial charge in [0.05, 0.1) is 11.4 Å². The molecule has 0 spiro atoms. The average molecular weight is 353 g/mol. The van der Waals surface area contributed by atoms with Gasteiger partial charge in [-0.05, 0) is 37.6 Å². The molecular weight excluding hydrogens is 334 g/mol. The number of amides is 1. The smallest absolute Gasteiger partial charge is 0.230 e. The minimum atomic E-state index is -0.0560. The van der Waals surface area contributed by atoms with Gasteiger partial charge in [-0.15, -0.1) is 10.2 Å². The highest BCUT2D eigenvalue weighted by molar-refractivity contribution is 7.99. The Kier molecular flexibility index (Phi) is 5.14. The summed E-state index contributed by atoms with van der Waals surface area (Å²) in [6.45, 7) is 4.11. The van der Waals surface area contributed by atoms with Crippen LogP contribution in [-0.2, 0) is 4.79 Å². The average Bonchev–Trinajstić information content (AvgIpc) is 3.04. The minimum Gasteiger partial charge on any atom is -0.358 e. The predicted molar refractivity (Wildman–Crippen MR) is 98.9 cm³/mol. The van der Waals surface area contributed by atoms with E-state index in [0.29, 0.717) is 11.0 Å². The molecule has 0 saturated carbocycles. The maximum Gasteiger partial charge on any atom is 0.230 e. The van der Waals surface area contributed by atoms with Crippen molar-refractivity contribution >= 4 is 17.7 Å². The Balaban J connectivity index is 2.11.